The van der Waals surface area contributed by atoms with E-state index in [0.717, 1.165) is 18.4 Å². The van der Waals surface area contributed by atoms with E-state index >= 15 is 0 Å². The minimum absolute atomic E-state index is 0.0319. The van der Waals surface area contributed by atoms with E-state index in [0.29, 0.717) is 38.7 Å². The first-order valence-electron chi connectivity index (χ1n) is 9.87. The van der Waals surface area contributed by atoms with Gasteiger partial charge in [0.25, 0.3) is 0 Å². The number of aromatic nitrogens is 1. The summed E-state index contributed by atoms with van der Waals surface area (Å²) in [6, 6.07) is 3.70. The van der Waals surface area contributed by atoms with Crippen LogP contribution in [0.3, 0.4) is 0 Å². The molecule has 1 saturated heterocycles. The van der Waals surface area contributed by atoms with E-state index < -0.39 is 0 Å². The van der Waals surface area contributed by atoms with Gasteiger partial charge < -0.3 is 24.4 Å². The molecule has 2 fully saturated rings. The number of ether oxygens (including phenoxy) is 3. The van der Waals surface area contributed by atoms with Crippen LogP contribution < -0.4 is 10.1 Å². The molecule has 2 aliphatic rings. The molecule has 1 aromatic heterocycles. The first-order valence-corrected chi connectivity index (χ1v) is 9.87. The van der Waals surface area contributed by atoms with Crippen LogP contribution in [0.15, 0.2) is 18.3 Å². The Morgan fingerprint density at radius 2 is 2.15 bits per heavy atom. The molecule has 1 spiro atoms. The summed E-state index contributed by atoms with van der Waals surface area (Å²) in [6.07, 6.45) is 7.55. The summed E-state index contributed by atoms with van der Waals surface area (Å²) in [4.78, 5) is 18.9. The van der Waals surface area contributed by atoms with E-state index in [4.69, 9.17) is 14.2 Å². The molecule has 1 unspecified atom stereocenters. The number of carbonyl (C=O) groups excluding carboxylic acids is 1. The second-order valence-electron chi connectivity index (χ2n) is 7.56. The summed E-state index contributed by atoms with van der Waals surface area (Å²) in [5.74, 6) is 0.559. The number of pyridine rings is 1. The van der Waals surface area contributed by atoms with Crippen molar-refractivity contribution in [3.05, 3.63) is 23.9 Å². The van der Waals surface area contributed by atoms with Crippen molar-refractivity contribution in [1.29, 1.82) is 0 Å². The molecule has 0 radical (unpaired) electrons. The van der Waals surface area contributed by atoms with Gasteiger partial charge >= 0.3 is 6.03 Å². The SMILES string of the molecule is COCCOc1ccc(CNC(=O)N2CC(C)OC3(CCCCC3)C2)cn1. The van der Waals surface area contributed by atoms with Crippen LogP contribution in [-0.2, 0) is 16.0 Å². The van der Waals surface area contributed by atoms with Gasteiger partial charge in [0.1, 0.15) is 6.61 Å². The number of hydrogen-bond acceptors (Lipinski definition) is 5. The fourth-order valence-electron chi connectivity index (χ4n) is 3.97. The zero-order valence-corrected chi connectivity index (χ0v) is 16.4. The highest BCUT2D eigenvalue weighted by molar-refractivity contribution is 5.74. The average Bonchev–Trinajstić information content (AvgIpc) is 2.67. The van der Waals surface area contributed by atoms with Crippen LogP contribution in [0.4, 0.5) is 4.79 Å². The highest BCUT2D eigenvalue weighted by Gasteiger charge is 2.41. The molecule has 1 N–H and O–H groups in total. The predicted molar refractivity (Wildman–Crippen MR) is 102 cm³/mol. The van der Waals surface area contributed by atoms with E-state index in [1.807, 2.05) is 17.0 Å². The maximum absolute atomic E-state index is 12.7. The highest BCUT2D eigenvalue weighted by atomic mass is 16.5. The topological polar surface area (TPSA) is 72.9 Å². The van der Waals surface area contributed by atoms with Crippen molar-refractivity contribution in [2.45, 2.75) is 57.3 Å². The molecule has 1 saturated carbocycles. The molecule has 2 amide bonds. The van der Waals surface area contributed by atoms with Crippen molar-refractivity contribution in [2.75, 3.05) is 33.4 Å². The van der Waals surface area contributed by atoms with Crippen LogP contribution in [0.1, 0.15) is 44.6 Å². The summed E-state index contributed by atoms with van der Waals surface area (Å²) in [5.41, 5.74) is 0.798. The Balaban J connectivity index is 1.49. The molecule has 0 bridgehead atoms. The molecule has 1 aromatic rings. The molecule has 150 valence electrons. The summed E-state index contributed by atoms with van der Waals surface area (Å²) >= 11 is 0. The average molecular weight is 377 g/mol. The first-order chi connectivity index (χ1) is 13.1. The summed E-state index contributed by atoms with van der Waals surface area (Å²) in [6.45, 7) is 4.83. The molecule has 1 aliphatic carbocycles. The van der Waals surface area contributed by atoms with Crippen molar-refractivity contribution in [3.63, 3.8) is 0 Å². The monoisotopic (exact) mass is 377 g/mol. The quantitative estimate of drug-likeness (QED) is 0.772. The molecule has 1 aliphatic heterocycles. The third-order valence-electron chi connectivity index (χ3n) is 5.24. The Bertz CT molecular complexity index is 602. The smallest absolute Gasteiger partial charge is 0.317 e. The Labute approximate surface area is 161 Å². The van der Waals surface area contributed by atoms with Gasteiger partial charge in [0.2, 0.25) is 5.88 Å². The number of methoxy groups -OCH3 is 1. The van der Waals surface area contributed by atoms with Crippen molar-refractivity contribution >= 4 is 6.03 Å². The first kappa shape index (κ1) is 19.9. The van der Waals surface area contributed by atoms with Crippen LogP contribution in [0.25, 0.3) is 0 Å². The molecule has 1 atom stereocenters. The number of urea groups is 1. The van der Waals surface area contributed by atoms with Crippen LogP contribution in [0, 0.1) is 0 Å². The Kier molecular flexibility index (Phi) is 6.90. The number of rotatable bonds is 6. The number of nitrogens with one attached hydrogen (secondary N) is 1. The standard InChI is InChI=1S/C20H31N3O4/c1-16-14-23(15-20(27-16)8-4-3-5-9-20)19(24)22-13-17-6-7-18(21-12-17)26-11-10-25-2/h6-7,12,16H,3-5,8-11,13-15H2,1-2H3,(H,22,24). The summed E-state index contributed by atoms with van der Waals surface area (Å²) in [5, 5.41) is 3.01. The predicted octanol–water partition coefficient (Wildman–Crippen LogP) is 2.74. The molecule has 0 aromatic carbocycles. The minimum Gasteiger partial charge on any atom is -0.475 e. The molecule has 7 nitrogen and oxygen atoms in total. The Morgan fingerprint density at radius 3 is 2.85 bits per heavy atom. The lowest BCUT2D eigenvalue weighted by atomic mass is 9.83. The molecule has 27 heavy (non-hydrogen) atoms. The van der Waals surface area contributed by atoms with Crippen LogP contribution >= 0.6 is 0 Å². The van der Waals surface area contributed by atoms with Crippen molar-refractivity contribution in [1.82, 2.24) is 15.2 Å². The Hall–Kier alpha value is -1.86. The van der Waals surface area contributed by atoms with Gasteiger partial charge in [0.15, 0.2) is 0 Å². The highest BCUT2D eigenvalue weighted by Crippen LogP contribution is 2.36. The second-order valence-corrected chi connectivity index (χ2v) is 7.56. The van der Waals surface area contributed by atoms with E-state index in [1.54, 1.807) is 13.3 Å². The van der Waals surface area contributed by atoms with Crippen LogP contribution in [-0.4, -0.2) is 61.0 Å². The fourth-order valence-corrected chi connectivity index (χ4v) is 3.97. The summed E-state index contributed by atoms with van der Waals surface area (Å²) in [7, 11) is 1.63. The maximum atomic E-state index is 12.7. The van der Waals surface area contributed by atoms with Crippen LogP contribution in [0.5, 0.6) is 5.88 Å². The van der Waals surface area contributed by atoms with E-state index in [-0.39, 0.29) is 17.7 Å². The number of nitrogens with zero attached hydrogens (tertiary/aromatic N) is 2. The zero-order chi connectivity index (χ0) is 19.1. The fraction of sp³-hybridized carbons (Fsp3) is 0.700. The van der Waals surface area contributed by atoms with Gasteiger partial charge in [0.05, 0.1) is 24.9 Å². The maximum Gasteiger partial charge on any atom is 0.317 e. The molecule has 3 rings (SSSR count). The molecule has 2 heterocycles. The number of amides is 2. The van der Waals surface area contributed by atoms with Crippen molar-refractivity contribution in [2.24, 2.45) is 0 Å². The lowest BCUT2D eigenvalue weighted by Gasteiger charge is -2.47. The summed E-state index contributed by atoms with van der Waals surface area (Å²) < 4.78 is 16.7. The number of carbonyl (C=O) groups is 1. The second kappa shape index (κ2) is 9.37. The lowest BCUT2D eigenvalue weighted by molar-refractivity contribution is -0.153. The lowest BCUT2D eigenvalue weighted by Crippen LogP contribution is -2.59. The number of hydrogen-bond donors (Lipinski definition) is 1. The molecule has 7 heteroatoms. The van der Waals surface area contributed by atoms with E-state index in [1.165, 1.54) is 19.3 Å². The van der Waals surface area contributed by atoms with E-state index in [9.17, 15) is 4.79 Å². The van der Waals surface area contributed by atoms with Crippen molar-refractivity contribution in [3.8, 4) is 5.88 Å². The van der Waals surface area contributed by atoms with Crippen LogP contribution in [0.2, 0.25) is 0 Å². The van der Waals surface area contributed by atoms with Gasteiger partial charge in [-0.3, -0.25) is 0 Å². The van der Waals surface area contributed by atoms with Gasteiger partial charge in [-0.05, 0) is 25.3 Å². The van der Waals surface area contributed by atoms with Gasteiger partial charge in [0, 0.05) is 32.5 Å². The van der Waals surface area contributed by atoms with Gasteiger partial charge in [-0.1, -0.05) is 25.3 Å². The third kappa shape index (κ3) is 5.56. The zero-order valence-electron chi connectivity index (χ0n) is 16.4. The van der Waals surface area contributed by atoms with Gasteiger partial charge in [-0.15, -0.1) is 0 Å². The van der Waals surface area contributed by atoms with Crippen molar-refractivity contribution < 1.29 is 19.0 Å². The normalized spacial score (nSPS) is 21.9. The largest absolute Gasteiger partial charge is 0.475 e. The third-order valence-corrected chi connectivity index (χ3v) is 5.24. The minimum atomic E-state index is -0.143. The Morgan fingerprint density at radius 1 is 1.33 bits per heavy atom. The van der Waals surface area contributed by atoms with Gasteiger partial charge in [-0.2, -0.15) is 0 Å². The number of morpholine rings is 1. The van der Waals surface area contributed by atoms with E-state index in [2.05, 4.69) is 17.2 Å². The molecular weight excluding hydrogens is 346 g/mol. The van der Waals surface area contributed by atoms with Gasteiger partial charge in [-0.25, -0.2) is 9.78 Å². The molecular formula is C20H31N3O4.